The van der Waals surface area contributed by atoms with Crippen LogP contribution in [0.1, 0.15) is 30.7 Å². The van der Waals surface area contributed by atoms with Gasteiger partial charge in [0.05, 0.1) is 36.5 Å². The van der Waals surface area contributed by atoms with E-state index in [4.69, 9.17) is 14.2 Å². The third-order valence-electron chi connectivity index (χ3n) is 5.25. The van der Waals surface area contributed by atoms with Gasteiger partial charge in [0, 0.05) is 40.5 Å². The van der Waals surface area contributed by atoms with Crippen LogP contribution in [-0.2, 0) is 26.4 Å². The monoisotopic (exact) mass is 471 g/mol. The van der Waals surface area contributed by atoms with Crippen molar-refractivity contribution in [2.75, 3.05) is 19.8 Å². The first-order valence-corrected chi connectivity index (χ1v) is 11.4. The zero-order valence-electron chi connectivity index (χ0n) is 18.0. The minimum atomic E-state index is -1.46. The molecule has 1 saturated heterocycles. The van der Waals surface area contributed by atoms with Crippen molar-refractivity contribution >= 4 is 51.8 Å². The van der Waals surface area contributed by atoms with E-state index < -0.39 is 17.0 Å². The van der Waals surface area contributed by atoms with Crippen LogP contribution in [0.2, 0.25) is 0 Å². The van der Waals surface area contributed by atoms with E-state index in [1.807, 2.05) is 27.7 Å². The molecule has 7 nitrogen and oxygen atoms in total. The van der Waals surface area contributed by atoms with Gasteiger partial charge in [0.15, 0.2) is 11.5 Å². The number of aryl methyl sites for hydroxylation is 1. The van der Waals surface area contributed by atoms with E-state index in [0.717, 1.165) is 16.9 Å². The first-order valence-electron chi connectivity index (χ1n) is 10.1. The molecule has 1 N–H and O–H groups in total. The van der Waals surface area contributed by atoms with E-state index in [2.05, 4.69) is 15.0 Å². The predicted octanol–water partition coefficient (Wildman–Crippen LogP) is 3.15. The van der Waals surface area contributed by atoms with Crippen molar-refractivity contribution in [1.82, 2.24) is 15.0 Å². The van der Waals surface area contributed by atoms with Crippen LogP contribution >= 0.6 is 0 Å². The zero-order chi connectivity index (χ0) is 22.2. The van der Waals surface area contributed by atoms with Crippen molar-refractivity contribution in [3.05, 3.63) is 47.0 Å². The van der Waals surface area contributed by atoms with E-state index in [9.17, 15) is 8.94 Å². The molecule has 0 bridgehead atoms. The van der Waals surface area contributed by atoms with Crippen molar-refractivity contribution in [3.63, 3.8) is 0 Å². The maximum absolute atomic E-state index is 13.4. The molecular formula is C22H27FN3NaO4S. The van der Waals surface area contributed by atoms with Crippen LogP contribution in [0.4, 0.5) is 4.39 Å². The van der Waals surface area contributed by atoms with Crippen LogP contribution in [0, 0.1) is 25.6 Å². The number of benzene rings is 1. The fourth-order valence-electron chi connectivity index (χ4n) is 3.40. The van der Waals surface area contributed by atoms with E-state index in [0.29, 0.717) is 41.7 Å². The van der Waals surface area contributed by atoms with Gasteiger partial charge in [0.25, 0.3) is 0 Å². The van der Waals surface area contributed by atoms with Crippen molar-refractivity contribution in [3.8, 4) is 5.75 Å². The Balaban J connectivity index is 0.00000289. The summed E-state index contributed by atoms with van der Waals surface area (Å²) in [4.78, 5) is 11.7. The number of nitrogens with zero attached hydrogens (tertiary/aromatic N) is 2. The fourth-order valence-corrected chi connectivity index (χ4v) is 4.50. The summed E-state index contributed by atoms with van der Waals surface area (Å²) in [6.07, 6.45) is 1.72. The average molecular weight is 472 g/mol. The summed E-state index contributed by atoms with van der Waals surface area (Å²) in [5.41, 5.74) is 3.50. The molecule has 1 aromatic carbocycles. The summed E-state index contributed by atoms with van der Waals surface area (Å²) in [5.74, 6) is 0.103. The summed E-state index contributed by atoms with van der Waals surface area (Å²) in [7, 11) is 0. The second-order valence-corrected chi connectivity index (χ2v) is 9.60. The molecule has 1 aliphatic heterocycles. The van der Waals surface area contributed by atoms with Gasteiger partial charge in [0.2, 0.25) is 0 Å². The van der Waals surface area contributed by atoms with Crippen LogP contribution < -0.4 is 4.74 Å². The van der Waals surface area contributed by atoms with Crippen LogP contribution in [0.5, 0.6) is 5.75 Å². The molecule has 3 aromatic rings. The number of H-pyrrole nitrogens is 1. The SMILES string of the molecule is Cc1cnc(C[S+]([O-])c2nc3cc(F)ccc3[nH]2)c(C)c1OCC1COC(C)(C)OC1.[NaH]. The molecule has 32 heavy (non-hydrogen) atoms. The number of hydrogen-bond acceptors (Lipinski definition) is 6. The molecular weight excluding hydrogens is 444 g/mol. The topological polar surface area (TPSA) is 92.3 Å². The molecule has 1 fully saturated rings. The number of aromatic nitrogens is 3. The first kappa shape index (κ1) is 25.4. The number of aromatic amines is 1. The van der Waals surface area contributed by atoms with Gasteiger partial charge in [-0.1, -0.05) is 0 Å². The van der Waals surface area contributed by atoms with E-state index in [1.54, 1.807) is 12.3 Å². The van der Waals surface area contributed by atoms with Gasteiger partial charge in [-0.15, -0.1) is 0 Å². The number of ether oxygens (including phenoxy) is 3. The normalized spacial score (nSPS) is 17.2. The standard InChI is InChI=1S/C22H26FN3O4S.Na.H/c1-13-8-24-19(12-31(27)21-25-17-6-5-16(23)7-18(17)26-21)14(2)20(13)28-9-15-10-29-22(3,4)30-11-15;;/h5-8,15H,9-12H2,1-4H3,(H,25,26);;. The Labute approximate surface area is 211 Å². The number of hydrogen-bond donors (Lipinski definition) is 1. The van der Waals surface area contributed by atoms with Crippen LogP contribution in [0.25, 0.3) is 11.0 Å². The van der Waals surface area contributed by atoms with Gasteiger partial charge in [-0.3, -0.25) is 9.97 Å². The molecule has 2 aromatic heterocycles. The van der Waals surface area contributed by atoms with Gasteiger partial charge >= 0.3 is 34.7 Å². The molecule has 168 valence electrons. The summed E-state index contributed by atoms with van der Waals surface area (Å²) in [6, 6.07) is 4.24. The van der Waals surface area contributed by atoms with Crippen molar-refractivity contribution in [2.45, 2.75) is 44.4 Å². The van der Waals surface area contributed by atoms with E-state index in [-0.39, 0.29) is 47.0 Å². The van der Waals surface area contributed by atoms with E-state index in [1.165, 1.54) is 12.1 Å². The average Bonchev–Trinajstić information content (AvgIpc) is 3.14. The number of halogens is 1. The van der Waals surface area contributed by atoms with Crippen molar-refractivity contribution in [1.29, 1.82) is 0 Å². The summed E-state index contributed by atoms with van der Waals surface area (Å²) >= 11 is -1.46. The molecule has 0 spiro atoms. The summed E-state index contributed by atoms with van der Waals surface area (Å²) < 4.78 is 43.8. The molecule has 0 aliphatic carbocycles. The molecule has 1 unspecified atom stereocenters. The zero-order valence-corrected chi connectivity index (χ0v) is 18.8. The second-order valence-electron chi connectivity index (χ2n) is 8.23. The molecule has 0 saturated carbocycles. The van der Waals surface area contributed by atoms with Crippen LogP contribution in [-0.4, -0.2) is 74.7 Å². The number of nitrogens with one attached hydrogen (secondary N) is 1. The first-order chi connectivity index (χ1) is 14.7. The maximum atomic E-state index is 13.4. The van der Waals surface area contributed by atoms with Crippen molar-refractivity contribution in [2.24, 2.45) is 5.92 Å². The number of pyridine rings is 1. The van der Waals surface area contributed by atoms with Crippen molar-refractivity contribution < 1.29 is 23.2 Å². The molecule has 1 atom stereocenters. The Hall–Kier alpha value is -1.20. The Bertz CT molecular complexity index is 1080. The molecule has 1 aliphatic rings. The third-order valence-corrected chi connectivity index (χ3v) is 6.41. The van der Waals surface area contributed by atoms with Gasteiger partial charge in [-0.05, 0) is 39.8 Å². The molecule has 0 radical (unpaired) electrons. The Morgan fingerprint density at radius 3 is 2.72 bits per heavy atom. The van der Waals surface area contributed by atoms with Gasteiger partial charge in [-0.2, -0.15) is 4.98 Å². The number of imidazole rings is 1. The second kappa shape index (κ2) is 10.4. The van der Waals surface area contributed by atoms with Gasteiger partial charge in [-0.25, -0.2) is 4.39 Å². The summed E-state index contributed by atoms with van der Waals surface area (Å²) in [6.45, 7) is 9.23. The van der Waals surface area contributed by atoms with Crippen LogP contribution in [0.3, 0.4) is 0 Å². The predicted molar refractivity (Wildman–Crippen MR) is 122 cm³/mol. The molecule has 0 amide bonds. The number of fused-ring (bicyclic) bond motifs is 1. The Kier molecular flexibility index (Phi) is 8.25. The molecule has 3 heterocycles. The molecule has 4 rings (SSSR count). The Morgan fingerprint density at radius 1 is 1.28 bits per heavy atom. The third kappa shape index (κ3) is 5.83. The van der Waals surface area contributed by atoms with Gasteiger partial charge < -0.3 is 18.8 Å². The van der Waals surface area contributed by atoms with Gasteiger partial charge in [0.1, 0.15) is 11.6 Å². The minimum absolute atomic E-state index is 0. The summed E-state index contributed by atoms with van der Waals surface area (Å²) in [5, 5.41) is 0.295. The number of rotatable bonds is 6. The Morgan fingerprint density at radius 2 is 2.00 bits per heavy atom. The van der Waals surface area contributed by atoms with E-state index >= 15 is 0 Å². The quantitative estimate of drug-likeness (QED) is 0.439. The van der Waals surface area contributed by atoms with Crippen LogP contribution in [0.15, 0.2) is 29.6 Å². The molecule has 10 heteroatoms. The fraction of sp³-hybridized carbons (Fsp3) is 0.455.